The Labute approximate surface area is 217 Å². The van der Waals surface area contributed by atoms with Crippen molar-refractivity contribution in [2.75, 3.05) is 0 Å². The zero-order valence-corrected chi connectivity index (χ0v) is 24.2. The average molecular weight is 479 g/mol. The number of rotatable bonds is 15. The number of phenols is 1. The SMILES string of the molecule is CC(C)CCc1cc(CCc2cc(CCC(C)C)cc(CCC(C)C)c2O)cc(CCC(C)C)c1. The highest BCUT2D eigenvalue weighted by molar-refractivity contribution is 5.45. The number of aromatic hydroxyl groups is 1. The molecule has 0 spiro atoms. The molecule has 2 aromatic rings. The average Bonchev–Trinajstić information content (AvgIpc) is 2.78. The monoisotopic (exact) mass is 478 g/mol. The van der Waals surface area contributed by atoms with Crippen LogP contribution >= 0.6 is 0 Å². The quantitative estimate of drug-likeness (QED) is 0.270. The van der Waals surface area contributed by atoms with Crippen LogP contribution in [0.25, 0.3) is 0 Å². The molecule has 1 nitrogen and oxygen atoms in total. The van der Waals surface area contributed by atoms with E-state index in [1.807, 2.05) is 0 Å². The van der Waals surface area contributed by atoms with E-state index in [-0.39, 0.29) is 0 Å². The molecule has 0 amide bonds. The van der Waals surface area contributed by atoms with Gasteiger partial charge in [0.25, 0.3) is 0 Å². The highest BCUT2D eigenvalue weighted by Gasteiger charge is 2.13. The normalized spacial score (nSPS) is 12.0. The van der Waals surface area contributed by atoms with Gasteiger partial charge in [-0.1, -0.05) is 85.7 Å². The predicted molar refractivity (Wildman–Crippen MR) is 155 cm³/mol. The molecule has 0 radical (unpaired) electrons. The smallest absolute Gasteiger partial charge is 0.121 e. The topological polar surface area (TPSA) is 20.2 Å². The fourth-order valence-electron chi connectivity index (χ4n) is 4.72. The first kappa shape index (κ1) is 29.5. The Morgan fingerprint density at radius 1 is 0.429 bits per heavy atom. The first-order chi connectivity index (χ1) is 16.5. The third kappa shape index (κ3) is 11.2. The summed E-state index contributed by atoms with van der Waals surface area (Å²) in [4.78, 5) is 0. The number of phenolic OH excluding ortho intramolecular Hbond substituents is 1. The lowest BCUT2D eigenvalue weighted by molar-refractivity contribution is 0.455. The van der Waals surface area contributed by atoms with Crippen molar-refractivity contribution in [2.24, 2.45) is 23.7 Å². The molecule has 0 aliphatic rings. The van der Waals surface area contributed by atoms with Crippen LogP contribution in [0.15, 0.2) is 30.3 Å². The van der Waals surface area contributed by atoms with E-state index in [1.54, 1.807) is 0 Å². The summed E-state index contributed by atoms with van der Waals surface area (Å²) in [5.74, 6) is 3.36. The fraction of sp³-hybridized carbons (Fsp3) is 0.647. The molecular formula is C34H54O. The summed E-state index contributed by atoms with van der Waals surface area (Å²) in [6.07, 6.45) is 11.1. The largest absolute Gasteiger partial charge is 0.507 e. The highest BCUT2D eigenvalue weighted by Crippen LogP contribution is 2.29. The minimum atomic E-state index is 0.551. The highest BCUT2D eigenvalue weighted by atomic mass is 16.3. The zero-order chi connectivity index (χ0) is 26.0. The molecule has 0 bridgehead atoms. The summed E-state index contributed by atoms with van der Waals surface area (Å²) in [5, 5.41) is 11.2. The number of hydrogen-bond acceptors (Lipinski definition) is 1. The molecule has 0 aliphatic heterocycles. The summed E-state index contributed by atoms with van der Waals surface area (Å²) in [6.45, 7) is 18.4. The molecule has 2 aromatic carbocycles. The van der Waals surface area contributed by atoms with Crippen LogP contribution in [-0.2, 0) is 38.5 Å². The molecule has 0 aromatic heterocycles. The van der Waals surface area contributed by atoms with Crippen molar-refractivity contribution < 1.29 is 5.11 Å². The van der Waals surface area contributed by atoms with Crippen molar-refractivity contribution in [3.8, 4) is 5.75 Å². The van der Waals surface area contributed by atoms with E-state index >= 15 is 0 Å². The summed E-state index contributed by atoms with van der Waals surface area (Å²) >= 11 is 0. The Bertz CT molecular complexity index is 857. The van der Waals surface area contributed by atoms with Crippen molar-refractivity contribution in [3.05, 3.63) is 63.7 Å². The van der Waals surface area contributed by atoms with Gasteiger partial charge >= 0.3 is 0 Å². The van der Waals surface area contributed by atoms with E-state index in [0.717, 1.165) is 67.9 Å². The van der Waals surface area contributed by atoms with E-state index in [1.165, 1.54) is 41.5 Å². The van der Waals surface area contributed by atoms with Crippen LogP contribution in [0, 0.1) is 23.7 Å². The third-order valence-corrected chi connectivity index (χ3v) is 7.15. The van der Waals surface area contributed by atoms with Gasteiger partial charge in [-0.3, -0.25) is 0 Å². The van der Waals surface area contributed by atoms with Crippen molar-refractivity contribution in [1.29, 1.82) is 0 Å². The van der Waals surface area contributed by atoms with Crippen molar-refractivity contribution in [2.45, 2.75) is 120 Å². The minimum absolute atomic E-state index is 0.551. The van der Waals surface area contributed by atoms with Gasteiger partial charge in [-0.2, -0.15) is 0 Å². The van der Waals surface area contributed by atoms with Crippen LogP contribution < -0.4 is 0 Å². The van der Waals surface area contributed by atoms with Crippen LogP contribution in [-0.4, -0.2) is 5.11 Å². The first-order valence-electron chi connectivity index (χ1n) is 14.5. The van der Waals surface area contributed by atoms with Crippen molar-refractivity contribution in [3.63, 3.8) is 0 Å². The van der Waals surface area contributed by atoms with Crippen molar-refractivity contribution in [1.82, 2.24) is 0 Å². The minimum Gasteiger partial charge on any atom is -0.507 e. The van der Waals surface area contributed by atoms with Gasteiger partial charge < -0.3 is 5.11 Å². The van der Waals surface area contributed by atoms with Crippen LogP contribution in [0.5, 0.6) is 5.75 Å². The van der Waals surface area contributed by atoms with Gasteiger partial charge in [-0.15, -0.1) is 0 Å². The van der Waals surface area contributed by atoms with E-state index in [4.69, 9.17) is 0 Å². The lowest BCUT2D eigenvalue weighted by Crippen LogP contribution is -2.02. The third-order valence-electron chi connectivity index (χ3n) is 7.15. The summed E-state index contributed by atoms with van der Waals surface area (Å²) < 4.78 is 0. The summed E-state index contributed by atoms with van der Waals surface area (Å²) in [7, 11) is 0. The van der Waals surface area contributed by atoms with Gasteiger partial charge in [0.05, 0.1) is 0 Å². The van der Waals surface area contributed by atoms with E-state index in [9.17, 15) is 5.11 Å². The second-order valence-corrected chi connectivity index (χ2v) is 12.7. The zero-order valence-electron chi connectivity index (χ0n) is 24.2. The lowest BCUT2D eigenvalue weighted by Gasteiger charge is -2.16. The molecule has 1 N–H and O–H groups in total. The fourth-order valence-corrected chi connectivity index (χ4v) is 4.72. The molecule has 0 aliphatic carbocycles. The second kappa shape index (κ2) is 14.7. The van der Waals surface area contributed by atoms with Crippen LogP contribution in [0.3, 0.4) is 0 Å². The summed E-state index contributed by atoms with van der Waals surface area (Å²) in [5.41, 5.74) is 8.10. The molecule has 196 valence electrons. The van der Waals surface area contributed by atoms with Crippen molar-refractivity contribution >= 4 is 0 Å². The Balaban J connectivity index is 2.26. The second-order valence-electron chi connectivity index (χ2n) is 12.7. The molecule has 35 heavy (non-hydrogen) atoms. The maximum atomic E-state index is 11.2. The lowest BCUT2D eigenvalue weighted by atomic mass is 9.91. The van der Waals surface area contributed by atoms with Crippen LogP contribution in [0.2, 0.25) is 0 Å². The Morgan fingerprint density at radius 2 is 0.743 bits per heavy atom. The van der Waals surface area contributed by atoms with Crippen LogP contribution in [0.1, 0.15) is 114 Å². The van der Waals surface area contributed by atoms with E-state index < -0.39 is 0 Å². The molecule has 0 fully saturated rings. The van der Waals surface area contributed by atoms with Gasteiger partial charge in [-0.25, -0.2) is 0 Å². The molecule has 2 rings (SSSR count). The Morgan fingerprint density at radius 3 is 1.14 bits per heavy atom. The van der Waals surface area contributed by atoms with E-state index in [0.29, 0.717) is 17.6 Å². The van der Waals surface area contributed by atoms with E-state index in [2.05, 4.69) is 85.7 Å². The predicted octanol–water partition coefficient (Wildman–Crippen LogP) is 9.53. The molecule has 0 saturated heterocycles. The molecule has 0 heterocycles. The maximum Gasteiger partial charge on any atom is 0.121 e. The molecule has 0 atom stereocenters. The number of aryl methyl sites for hydroxylation is 6. The summed E-state index contributed by atoms with van der Waals surface area (Å²) in [6, 6.07) is 11.9. The van der Waals surface area contributed by atoms with Gasteiger partial charge in [-0.05, 0) is 121 Å². The van der Waals surface area contributed by atoms with Gasteiger partial charge in [0.2, 0.25) is 0 Å². The first-order valence-corrected chi connectivity index (χ1v) is 14.5. The molecule has 1 heteroatoms. The molecule has 0 saturated carbocycles. The Hall–Kier alpha value is -1.76. The van der Waals surface area contributed by atoms with Crippen LogP contribution in [0.4, 0.5) is 0 Å². The van der Waals surface area contributed by atoms with Gasteiger partial charge in [0.15, 0.2) is 0 Å². The molecule has 0 unspecified atom stereocenters. The number of benzene rings is 2. The van der Waals surface area contributed by atoms with Gasteiger partial charge in [0.1, 0.15) is 5.75 Å². The number of hydrogen-bond donors (Lipinski definition) is 1. The maximum absolute atomic E-state index is 11.2. The molecular weight excluding hydrogens is 424 g/mol. The standard InChI is InChI=1S/C34H54O/c1-24(2)9-13-28-19-29(14-10-25(3)4)21-30(20-28)16-18-33-23-31(15-11-26(5)6)22-32(34(33)35)17-12-27(7)8/h19-27,35H,9-18H2,1-8H3. The Kier molecular flexibility index (Phi) is 12.4. The van der Waals surface area contributed by atoms with Gasteiger partial charge in [0, 0.05) is 0 Å².